The maximum absolute atomic E-state index is 12.3. The third-order valence-corrected chi connectivity index (χ3v) is 5.26. The molecule has 5 nitrogen and oxygen atoms in total. The van der Waals surface area contributed by atoms with Gasteiger partial charge < -0.3 is 15.3 Å². The van der Waals surface area contributed by atoms with Gasteiger partial charge in [0.25, 0.3) is 0 Å². The molecule has 2 N–H and O–H groups in total. The SMILES string of the molecule is CC(c1ccsc1)N1CCN(C(=O)NCc2ccc(O)cc2)CC1. The van der Waals surface area contributed by atoms with Crippen molar-refractivity contribution in [3.05, 3.63) is 52.2 Å². The van der Waals surface area contributed by atoms with Gasteiger partial charge in [0.15, 0.2) is 0 Å². The molecule has 1 fully saturated rings. The molecule has 1 aliphatic heterocycles. The van der Waals surface area contributed by atoms with E-state index in [0.29, 0.717) is 12.6 Å². The molecule has 128 valence electrons. The first-order chi connectivity index (χ1) is 11.6. The lowest BCUT2D eigenvalue weighted by Gasteiger charge is -2.37. The van der Waals surface area contributed by atoms with E-state index in [4.69, 9.17) is 0 Å². The van der Waals surface area contributed by atoms with Crippen molar-refractivity contribution in [1.82, 2.24) is 15.1 Å². The molecule has 1 saturated heterocycles. The van der Waals surface area contributed by atoms with Crippen LogP contribution in [0.3, 0.4) is 0 Å². The van der Waals surface area contributed by atoms with Gasteiger partial charge in [-0.2, -0.15) is 11.3 Å². The van der Waals surface area contributed by atoms with Gasteiger partial charge in [-0.1, -0.05) is 12.1 Å². The van der Waals surface area contributed by atoms with E-state index in [1.165, 1.54) is 5.56 Å². The second-order valence-corrected chi connectivity index (χ2v) is 6.86. The molecule has 1 atom stereocenters. The Bertz CT molecular complexity index is 649. The summed E-state index contributed by atoms with van der Waals surface area (Å²) in [6.45, 7) is 5.98. The quantitative estimate of drug-likeness (QED) is 0.895. The number of hydrogen-bond donors (Lipinski definition) is 2. The molecule has 1 aliphatic rings. The molecular weight excluding hydrogens is 322 g/mol. The van der Waals surface area contributed by atoms with Crippen LogP contribution >= 0.6 is 11.3 Å². The summed E-state index contributed by atoms with van der Waals surface area (Å²) in [4.78, 5) is 16.6. The molecule has 0 saturated carbocycles. The van der Waals surface area contributed by atoms with E-state index in [1.807, 2.05) is 17.0 Å². The second kappa shape index (κ2) is 7.68. The smallest absolute Gasteiger partial charge is 0.317 e. The number of thiophene rings is 1. The number of amides is 2. The monoisotopic (exact) mass is 345 g/mol. The average molecular weight is 345 g/mol. The van der Waals surface area contributed by atoms with Crippen LogP contribution < -0.4 is 5.32 Å². The van der Waals surface area contributed by atoms with Crippen LogP contribution in [0.25, 0.3) is 0 Å². The normalized spacial score (nSPS) is 16.8. The molecule has 3 rings (SSSR count). The fourth-order valence-electron chi connectivity index (χ4n) is 2.94. The molecule has 0 radical (unpaired) electrons. The van der Waals surface area contributed by atoms with Gasteiger partial charge in [-0.15, -0.1) is 0 Å². The van der Waals surface area contributed by atoms with Crippen LogP contribution in [-0.2, 0) is 6.54 Å². The maximum Gasteiger partial charge on any atom is 0.317 e. The van der Waals surface area contributed by atoms with Gasteiger partial charge in [-0.05, 0) is 47.0 Å². The highest BCUT2D eigenvalue weighted by atomic mass is 32.1. The predicted octanol–water partition coefficient (Wildman–Crippen LogP) is 3.04. The summed E-state index contributed by atoms with van der Waals surface area (Å²) in [6, 6.07) is 9.44. The summed E-state index contributed by atoms with van der Waals surface area (Å²) >= 11 is 1.73. The van der Waals surface area contributed by atoms with E-state index < -0.39 is 0 Å². The first-order valence-corrected chi connectivity index (χ1v) is 9.14. The predicted molar refractivity (Wildman–Crippen MR) is 96.2 cm³/mol. The number of aromatic hydroxyl groups is 1. The molecule has 6 heteroatoms. The lowest BCUT2D eigenvalue weighted by atomic mass is 10.1. The summed E-state index contributed by atoms with van der Waals surface area (Å²) < 4.78 is 0. The van der Waals surface area contributed by atoms with Crippen molar-refractivity contribution in [2.75, 3.05) is 26.2 Å². The number of nitrogens with one attached hydrogen (secondary N) is 1. The first kappa shape index (κ1) is 16.8. The number of hydrogen-bond acceptors (Lipinski definition) is 4. The summed E-state index contributed by atoms with van der Waals surface area (Å²) in [6.07, 6.45) is 0. The van der Waals surface area contributed by atoms with Crippen molar-refractivity contribution in [2.45, 2.75) is 19.5 Å². The number of carbonyl (C=O) groups excluding carboxylic acids is 1. The van der Waals surface area contributed by atoms with E-state index in [0.717, 1.165) is 31.7 Å². The third-order valence-electron chi connectivity index (χ3n) is 4.55. The molecule has 2 aromatic rings. The molecule has 0 bridgehead atoms. The Morgan fingerprint density at radius 1 is 1.21 bits per heavy atom. The lowest BCUT2D eigenvalue weighted by Crippen LogP contribution is -2.52. The summed E-state index contributed by atoms with van der Waals surface area (Å²) in [5.41, 5.74) is 2.33. The second-order valence-electron chi connectivity index (χ2n) is 6.08. The Labute approximate surface area is 146 Å². The molecule has 0 aliphatic carbocycles. The van der Waals surface area contributed by atoms with Gasteiger partial charge in [-0.3, -0.25) is 4.90 Å². The Balaban J connectivity index is 1.45. The van der Waals surface area contributed by atoms with Crippen LogP contribution in [0, 0.1) is 0 Å². The van der Waals surface area contributed by atoms with Crippen LogP contribution in [0.15, 0.2) is 41.1 Å². The minimum atomic E-state index is -0.0223. The van der Waals surface area contributed by atoms with Crippen LogP contribution in [-0.4, -0.2) is 47.1 Å². The van der Waals surface area contributed by atoms with Crippen LogP contribution in [0.5, 0.6) is 5.75 Å². The Morgan fingerprint density at radius 2 is 1.92 bits per heavy atom. The van der Waals surface area contributed by atoms with Crippen molar-refractivity contribution in [3.8, 4) is 5.75 Å². The van der Waals surface area contributed by atoms with E-state index in [9.17, 15) is 9.90 Å². The summed E-state index contributed by atoms with van der Waals surface area (Å²) in [7, 11) is 0. The Morgan fingerprint density at radius 3 is 2.54 bits per heavy atom. The minimum absolute atomic E-state index is 0.0223. The van der Waals surface area contributed by atoms with E-state index in [1.54, 1.807) is 23.5 Å². The number of carbonyl (C=O) groups is 1. The van der Waals surface area contributed by atoms with E-state index in [2.05, 4.69) is 34.0 Å². The number of phenols is 1. The van der Waals surface area contributed by atoms with Gasteiger partial charge in [0, 0.05) is 38.8 Å². The molecule has 1 aromatic carbocycles. The van der Waals surface area contributed by atoms with Gasteiger partial charge in [-0.25, -0.2) is 4.79 Å². The molecule has 0 spiro atoms. The van der Waals surface area contributed by atoms with Crippen LogP contribution in [0.1, 0.15) is 24.1 Å². The third kappa shape index (κ3) is 4.07. The zero-order valence-corrected chi connectivity index (χ0v) is 14.6. The number of rotatable bonds is 4. The molecule has 24 heavy (non-hydrogen) atoms. The highest BCUT2D eigenvalue weighted by molar-refractivity contribution is 7.07. The highest BCUT2D eigenvalue weighted by Crippen LogP contribution is 2.23. The van der Waals surface area contributed by atoms with Crippen molar-refractivity contribution in [2.24, 2.45) is 0 Å². The number of nitrogens with zero attached hydrogens (tertiary/aromatic N) is 2. The van der Waals surface area contributed by atoms with Crippen LogP contribution in [0.4, 0.5) is 4.79 Å². The van der Waals surface area contributed by atoms with Gasteiger partial charge >= 0.3 is 6.03 Å². The Kier molecular flexibility index (Phi) is 5.37. The zero-order chi connectivity index (χ0) is 16.9. The number of phenolic OH excluding ortho intramolecular Hbond substituents is 1. The zero-order valence-electron chi connectivity index (χ0n) is 13.8. The van der Waals surface area contributed by atoms with Gasteiger partial charge in [0.1, 0.15) is 5.75 Å². The molecular formula is C18H23N3O2S. The molecule has 1 aromatic heterocycles. The fraction of sp³-hybridized carbons (Fsp3) is 0.389. The lowest BCUT2D eigenvalue weighted by molar-refractivity contribution is 0.114. The van der Waals surface area contributed by atoms with Crippen molar-refractivity contribution < 1.29 is 9.90 Å². The standard InChI is InChI=1S/C18H23N3O2S/c1-14(16-6-11-24-13-16)20-7-9-21(10-8-20)18(23)19-12-15-2-4-17(22)5-3-15/h2-6,11,13-14,22H,7-10,12H2,1H3,(H,19,23). The number of urea groups is 1. The fourth-order valence-corrected chi connectivity index (χ4v) is 3.69. The highest BCUT2D eigenvalue weighted by Gasteiger charge is 2.24. The van der Waals surface area contributed by atoms with Crippen molar-refractivity contribution >= 4 is 17.4 Å². The largest absolute Gasteiger partial charge is 0.508 e. The van der Waals surface area contributed by atoms with Crippen LogP contribution in [0.2, 0.25) is 0 Å². The minimum Gasteiger partial charge on any atom is -0.508 e. The maximum atomic E-state index is 12.3. The van der Waals surface area contributed by atoms with Gasteiger partial charge in [0.05, 0.1) is 0 Å². The Hall–Kier alpha value is -2.05. The first-order valence-electron chi connectivity index (χ1n) is 8.20. The molecule has 2 heterocycles. The topological polar surface area (TPSA) is 55.8 Å². The van der Waals surface area contributed by atoms with E-state index >= 15 is 0 Å². The van der Waals surface area contributed by atoms with E-state index in [-0.39, 0.29) is 11.8 Å². The van der Waals surface area contributed by atoms with Crippen molar-refractivity contribution in [1.29, 1.82) is 0 Å². The average Bonchev–Trinajstić information content (AvgIpc) is 3.15. The molecule has 2 amide bonds. The van der Waals surface area contributed by atoms with Gasteiger partial charge in [0.2, 0.25) is 0 Å². The summed E-state index contributed by atoms with van der Waals surface area (Å²) in [5, 5.41) is 16.5. The summed E-state index contributed by atoms with van der Waals surface area (Å²) in [5.74, 6) is 0.237. The number of piperazine rings is 1. The molecule has 1 unspecified atom stereocenters. The van der Waals surface area contributed by atoms with Crippen molar-refractivity contribution in [3.63, 3.8) is 0 Å². The number of benzene rings is 1.